The molecule has 1 fully saturated rings. The summed E-state index contributed by atoms with van der Waals surface area (Å²) >= 11 is 0. The number of amides is 2. The van der Waals surface area contributed by atoms with E-state index in [1.165, 1.54) is 34.0 Å². The fourth-order valence-corrected chi connectivity index (χ4v) is 3.23. The van der Waals surface area contributed by atoms with Crippen molar-refractivity contribution in [2.45, 2.75) is 58.3 Å². The van der Waals surface area contributed by atoms with E-state index in [0.717, 1.165) is 4.90 Å². The van der Waals surface area contributed by atoms with Crippen molar-refractivity contribution in [1.82, 2.24) is 10.2 Å². The van der Waals surface area contributed by atoms with E-state index in [2.05, 4.69) is 5.32 Å². The van der Waals surface area contributed by atoms with E-state index in [0.29, 0.717) is 5.56 Å². The van der Waals surface area contributed by atoms with E-state index in [1.807, 2.05) is 0 Å². The molecule has 1 aromatic rings. The number of aliphatic hydroxyl groups excluding tert-OH is 1. The molecule has 1 saturated heterocycles. The van der Waals surface area contributed by atoms with Gasteiger partial charge in [0.15, 0.2) is 12.0 Å². The molecule has 180 valence electrons. The molecule has 0 aliphatic carbocycles. The molecule has 0 unspecified atom stereocenters. The number of aliphatic hydroxyl groups is 1. The third kappa shape index (κ3) is 6.70. The molecule has 1 aliphatic heterocycles. The molecule has 2 N–H and O–H groups in total. The number of nitrogens with zero attached hydrogens (tertiary/aromatic N) is 1. The van der Waals surface area contributed by atoms with Gasteiger partial charge in [-0.3, -0.25) is 19.3 Å². The van der Waals surface area contributed by atoms with E-state index >= 15 is 0 Å². The maximum absolute atomic E-state index is 12.4. The summed E-state index contributed by atoms with van der Waals surface area (Å²) in [4.78, 5) is 49.3. The van der Waals surface area contributed by atoms with Crippen LogP contribution in [0.25, 0.3) is 0 Å². The molecular weight excluding hydrogens is 432 g/mol. The van der Waals surface area contributed by atoms with Gasteiger partial charge in [-0.2, -0.15) is 0 Å². The average Bonchev–Trinajstić information content (AvgIpc) is 3.11. The highest BCUT2D eigenvalue weighted by molar-refractivity contribution is 5.93. The zero-order chi connectivity index (χ0) is 24.7. The lowest BCUT2D eigenvalue weighted by molar-refractivity contribution is -0.151. The quantitative estimate of drug-likeness (QED) is 0.407. The van der Waals surface area contributed by atoms with Gasteiger partial charge in [0.25, 0.3) is 0 Å². The largest absolute Gasteiger partial charge is 0.456 e. The lowest BCUT2D eigenvalue weighted by atomic mass is 10.1. The minimum Gasteiger partial charge on any atom is -0.456 e. The number of hydrogen-bond donors (Lipinski definition) is 2. The van der Waals surface area contributed by atoms with Gasteiger partial charge in [-0.25, -0.2) is 4.79 Å². The molecule has 1 aromatic carbocycles. The van der Waals surface area contributed by atoms with Crippen LogP contribution in [0.3, 0.4) is 0 Å². The number of carbonyl (C=O) groups is 4. The van der Waals surface area contributed by atoms with Gasteiger partial charge < -0.3 is 24.6 Å². The lowest BCUT2D eigenvalue weighted by Gasteiger charge is -2.29. The summed E-state index contributed by atoms with van der Waals surface area (Å²) in [6.07, 6.45) is -4.34. The molecule has 5 atom stereocenters. The highest BCUT2D eigenvalue weighted by atomic mass is 16.6. The minimum absolute atomic E-state index is 0.260. The Morgan fingerprint density at radius 2 is 1.82 bits per heavy atom. The molecule has 33 heavy (non-hydrogen) atoms. The number of Topliss-reactive ketones (excluding diaryl/α,β-unsaturated/α-hetero) is 1. The molecule has 1 heterocycles. The second-order valence-corrected chi connectivity index (χ2v) is 7.70. The molecular formula is C23H30N2O8. The summed E-state index contributed by atoms with van der Waals surface area (Å²) in [5.41, 5.74) is 0.603. The molecule has 1 aliphatic rings. The Balaban J connectivity index is 2.29. The van der Waals surface area contributed by atoms with Gasteiger partial charge in [0.05, 0.1) is 5.56 Å². The first kappa shape index (κ1) is 26.2. The van der Waals surface area contributed by atoms with E-state index in [1.54, 1.807) is 37.3 Å². The molecule has 10 heteroatoms. The van der Waals surface area contributed by atoms with Crippen LogP contribution in [0.1, 0.15) is 38.1 Å². The second kappa shape index (κ2) is 11.7. The topological polar surface area (TPSA) is 131 Å². The fraction of sp³-hybridized carbons (Fsp3) is 0.478. The summed E-state index contributed by atoms with van der Waals surface area (Å²) in [5, 5.41) is 13.3. The molecule has 10 nitrogen and oxygen atoms in total. The molecule has 0 bridgehead atoms. The highest BCUT2D eigenvalue weighted by Gasteiger charge is 2.50. The van der Waals surface area contributed by atoms with E-state index in [9.17, 15) is 24.3 Å². The third-order valence-corrected chi connectivity index (χ3v) is 5.23. The average molecular weight is 462 g/mol. The smallest absolute Gasteiger partial charge is 0.338 e. The number of benzene rings is 1. The van der Waals surface area contributed by atoms with Crippen LogP contribution in [-0.4, -0.2) is 77.9 Å². The van der Waals surface area contributed by atoms with Crippen molar-refractivity contribution in [3.05, 3.63) is 47.7 Å². The standard InChI is InChI=1S/C23H30N2O8/c1-13(14(2)26)11-25(16(4)27)22-21(31-12-18(28)24-5)19(29)20(33-22)15(3)32-23(30)17-9-7-6-8-10-17/h6-11,15,19-22,29H,12H2,1-5H3,(H,24,28)/b13-11-/t15-,19-,20-,21-,22-/m1/s1. The Bertz CT molecular complexity index is 901. The Morgan fingerprint density at radius 1 is 1.18 bits per heavy atom. The summed E-state index contributed by atoms with van der Waals surface area (Å²) in [7, 11) is 1.43. The first-order valence-electron chi connectivity index (χ1n) is 10.5. The van der Waals surface area contributed by atoms with E-state index in [4.69, 9.17) is 14.2 Å². The van der Waals surface area contributed by atoms with Gasteiger partial charge in [0, 0.05) is 25.7 Å². The first-order chi connectivity index (χ1) is 15.6. The Morgan fingerprint density at radius 3 is 2.36 bits per heavy atom. The van der Waals surface area contributed by atoms with Gasteiger partial charge in [-0.15, -0.1) is 0 Å². The lowest BCUT2D eigenvalue weighted by Crippen LogP contribution is -2.46. The number of carbonyl (C=O) groups excluding carboxylic acids is 4. The van der Waals surface area contributed by atoms with Crippen molar-refractivity contribution < 1.29 is 38.5 Å². The van der Waals surface area contributed by atoms with Crippen molar-refractivity contribution >= 4 is 23.6 Å². The highest BCUT2D eigenvalue weighted by Crippen LogP contribution is 2.30. The number of allylic oxidation sites excluding steroid dienone is 1. The van der Waals surface area contributed by atoms with Crippen LogP contribution in [0.15, 0.2) is 42.1 Å². The van der Waals surface area contributed by atoms with Gasteiger partial charge >= 0.3 is 5.97 Å². The predicted octanol–water partition coefficient (Wildman–Crippen LogP) is 0.790. The molecule has 0 aromatic heterocycles. The van der Waals surface area contributed by atoms with Gasteiger partial charge in [-0.1, -0.05) is 18.2 Å². The maximum atomic E-state index is 12.4. The summed E-state index contributed by atoms with van der Waals surface area (Å²) in [5.74, 6) is -1.79. The number of hydrogen-bond acceptors (Lipinski definition) is 8. The van der Waals surface area contributed by atoms with Crippen LogP contribution in [0.2, 0.25) is 0 Å². The van der Waals surface area contributed by atoms with Gasteiger partial charge in [-0.05, 0) is 32.9 Å². The zero-order valence-electron chi connectivity index (χ0n) is 19.3. The van der Waals surface area contributed by atoms with Crippen LogP contribution in [0, 0.1) is 0 Å². The number of ketones is 1. The van der Waals surface area contributed by atoms with E-state index < -0.39 is 55.0 Å². The zero-order valence-corrected chi connectivity index (χ0v) is 19.3. The van der Waals surface area contributed by atoms with Crippen LogP contribution in [0.4, 0.5) is 0 Å². The minimum atomic E-state index is -1.34. The van der Waals surface area contributed by atoms with Crippen molar-refractivity contribution in [3.63, 3.8) is 0 Å². The SMILES string of the molecule is CNC(=O)CO[C@@H]1[C@H](O)[C@@H]([C@@H](C)OC(=O)c2ccccc2)O[C@H]1N(/C=C(/C)C(C)=O)C(C)=O. The Kier molecular flexibility index (Phi) is 9.27. The van der Waals surface area contributed by atoms with Gasteiger partial charge in [0.2, 0.25) is 11.8 Å². The second-order valence-electron chi connectivity index (χ2n) is 7.70. The van der Waals surface area contributed by atoms with Gasteiger partial charge in [0.1, 0.15) is 31.0 Å². The molecule has 2 amide bonds. The van der Waals surface area contributed by atoms with Crippen molar-refractivity contribution in [1.29, 1.82) is 0 Å². The van der Waals surface area contributed by atoms with Crippen LogP contribution >= 0.6 is 0 Å². The van der Waals surface area contributed by atoms with E-state index in [-0.39, 0.29) is 11.4 Å². The number of esters is 1. The number of rotatable bonds is 9. The monoisotopic (exact) mass is 462 g/mol. The molecule has 2 rings (SSSR count). The van der Waals surface area contributed by atoms with Crippen molar-refractivity contribution in [2.24, 2.45) is 0 Å². The fourth-order valence-electron chi connectivity index (χ4n) is 3.23. The van der Waals surface area contributed by atoms with Crippen LogP contribution in [0.5, 0.6) is 0 Å². The Hall–Kier alpha value is -3.08. The Labute approximate surface area is 192 Å². The third-order valence-electron chi connectivity index (χ3n) is 5.23. The number of nitrogens with one attached hydrogen (secondary N) is 1. The van der Waals surface area contributed by atoms with Crippen molar-refractivity contribution in [3.8, 4) is 0 Å². The van der Waals surface area contributed by atoms with Crippen molar-refractivity contribution in [2.75, 3.05) is 13.7 Å². The predicted molar refractivity (Wildman–Crippen MR) is 117 cm³/mol. The number of likely N-dealkylation sites (N-methyl/N-ethyl adjacent to an activating group) is 1. The summed E-state index contributed by atoms with van der Waals surface area (Å²) in [6.45, 7) is 5.29. The normalized spacial score (nSPS) is 23.5. The summed E-state index contributed by atoms with van der Waals surface area (Å²) < 4.78 is 17.0. The first-order valence-corrected chi connectivity index (χ1v) is 10.5. The number of ether oxygens (including phenoxy) is 3. The summed E-state index contributed by atoms with van der Waals surface area (Å²) in [6, 6.07) is 8.32. The van der Waals surface area contributed by atoms with Crippen LogP contribution < -0.4 is 5.32 Å². The molecule has 0 spiro atoms. The maximum Gasteiger partial charge on any atom is 0.338 e. The van der Waals surface area contributed by atoms with Crippen LogP contribution in [-0.2, 0) is 28.6 Å². The molecule has 0 radical (unpaired) electrons. The molecule has 0 saturated carbocycles.